The van der Waals surface area contributed by atoms with E-state index in [0.29, 0.717) is 43.1 Å². The number of ether oxygens (including phenoxy) is 1. The number of carbonyl (C=O) groups excluding carboxylic acids is 2. The minimum absolute atomic E-state index is 0.0381. The average molecular weight is 368 g/mol. The number of anilines is 2. The molecule has 0 radical (unpaired) electrons. The Hall–Kier alpha value is -2.93. The molecule has 3 rings (SSSR count). The van der Waals surface area contributed by atoms with Gasteiger partial charge in [-0.05, 0) is 36.8 Å². The van der Waals surface area contributed by atoms with Crippen LogP contribution in [0.3, 0.4) is 0 Å². The quantitative estimate of drug-likeness (QED) is 0.895. The minimum atomic E-state index is -0.263. The van der Waals surface area contributed by atoms with Gasteiger partial charge in [-0.15, -0.1) is 0 Å². The first-order valence-corrected chi connectivity index (χ1v) is 8.88. The van der Waals surface area contributed by atoms with E-state index in [9.17, 15) is 9.59 Å². The predicted molar refractivity (Wildman–Crippen MR) is 104 cm³/mol. The Morgan fingerprint density at radius 2 is 1.89 bits per heavy atom. The van der Waals surface area contributed by atoms with E-state index in [1.165, 1.54) is 0 Å². The summed E-state index contributed by atoms with van der Waals surface area (Å²) in [4.78, 5) is 33.2. The normalized spacial score (nSPS) is 14.0. The molecule has 0 atom stereocenters. The zero-order valence-electron chi connectivity index (χ0n) is 15.9. The molecule has 27 heavy (non-hydrogen) atoms. The molecule has 7 heteroatoms. The number of hydrogen-bond donors (Lipinski definition) is 1. The number of amides is 2. The van der Waals surface area contributed by atoms with E-state index in [4.69, 9.17) is 4.74 Å². The number of carbonyl (C=O) groups is 2. The summed E-state index contributed by atoms with van der Waals surface area (Å²) in [6.07, 6.45) is 1.54. The highest BCUT2D eigenvalue weighted by Crippen LogP contribution is 2.19. The second kappa shape index (κ2) is 8.18. The summed E-state index contributed by atoms with van der Waals surface area (Å²) in [7, 11) is 3.78. The fourth-order valence-electron chi connectivity index (χ4n) is 2.86. The van der Waals surface area contributed by atoms with Crippen molar-refractivity contribution in [2.24, 2.45) is 0 Å². The van der Waals surface area contributed by atoms with Crippen LogP contribution in [-0.4, -0.2) is 62.1 Å². The zero-order valence-corrected chi connectivity index (χ0v) is 15.9. The SMILES string of the molecule is Cc1ccc(NC(=O)c2ccc(N(C)C)nc2)cc1C(=O)N1CCOCC1. The van der Waals surface area contributed by atoms with Crippen molar-refractivity contribution in [3.8, 4) is 0 Å². The smallest absolute Gasteiger partial charge is 0.257 e. The van der Waals surface area contributed by atoms with Crippen molar-refractivity contribution in [3.05, 3.63) is 53.2 Å². The summed E-state index contributed by atoms with van der Waals surface area (Å²) in [5, 5.41) is 2.84. The van der Waals surface area contributed by atoms with Crippen LogP contribution in [0.4, 0.5) is 11.5 Å². The molecule has 0 spiro atoms. The maximum Gasteiger partial charge on any atom is 0.257 e. The van der Waals surface area contributed by atoms with Gasteiger partial charge >= 0.3 is 0 Å². The molecular weight excluding hydrogens is 344 g/mol. The van der Waals surface area contributed by atoms with Gasteiger partial charge < -0.3 is 19.9 Å². The van der Waals surface area contributed by atoms with Crippen molar-refractivity contribution in [2.75, 3.05) is 50.6 Å². The molecule has 0 bridgehead atoms. The first kappa shape index (κ1) is 18.8. The number of aryl methyl sites for hydroxylation is 1. The van der Waals surface area contributed by atoms with Gasteiger partial charge in [0.25, 0.3) is 11.8 Å². The molecule has 2 heterocycles. The Balaban J connectivity index is 1.75. The van der Waals surface area contributed by atoms with E-state index >= 15 is 0 Å². The number of aromatic nitrogens is 1. The van der Waals surface area contributed by atoms with Gasteiger partial charge in [-0.3, -0.25) is 9.59 Å². The number of nitrogens with zero attached hydrogens (tertiary/aromatic N) is 3. The maximum atomic E-state index is 12.8. The Bertz CT molecular complexity index is 828. The summed E-state index contributed by atoms with van der Waals surface area (Å²) in [5.41, 5.74) is 2.51. The van der Waals surface area contributed by atoms with Gasteiger partial charge in [0.05, 0.1) is 18.8 Å². The Kier molecular flexibility index (Phi) is 5.71. The van der Waals surface area contributed by atoms with Gasteiger partial charge in [-0.2, -0.15) is 0 Å². The molecular formula is C20H24N4O3. The highest BCUT2D eigenvalue weighted by molar-refractivity contribution is 6.05. The number of pyridine rings is 1. The number of morpholine rings is 1. The summed E-state index contributed by atoms with van der Waals surface area (Å²) in [6.45, 7) is 4.16. The topological polar surface area (TPSA) is 74.8 Å². The zero-order chi connectivity index (χ0) is 19.4. The number of hydrogen-bond acceptors (Lipinski definition) is 5. The first-order chi connectivity index (χ1) is 13.0. The molecule has 2 amide bonds. The van der Waals surface area contributed by atoms with Gasteiger partial charge in [0.1, 0.15) is 5.82 Å². The third-order valence-electron chi connectivity index (χ3n) is 4.49. The lowest BCUT2D eigenvalue weighted by Gasteiger charge is -2.27. The molecule has 1 aromatic heterocycles. The third kappa shape index (κ3) is 4.43. The standard InChI is InChI=1S/C20H24N4O3/c1-14-4-6-16(12-17(14)20(26)24-8-10-27-11-9-24)22-19(25)15-5-7-18(21-13-15)23(2)3/h4-7,12-13H,8-11H2,1-3H3,(H,22,25). The number of benzene rings is 1. The maximum absolute atomic E-state index is 12.8. The van der Waals surface area contributed by atoms with Gasteiger partial charge in [0.15, 0.2) is 0 Å². The molecule has 1 aliphatic rings. The third-order valence-corrected chi connectivity index (χ3v) is 4.49. The van der Waals surface area contributed by atoms with E-state index in [1.54, 1.807) is 35.4 Å². The lowest BCUT2D eigenvalue weighted by atomic mass is 10.1. The average Bonchev–Trinajstić information content (AvgIpc) is 2.69. The first-order valence-electron chi connectivity index (χ1n) is 8.88. The lowest BCUT2D eigenvalue weighted by molar-refractivity contribution is 0.0302. The van der Waals surface area contributed by atoms with Crippen molar-refractivity contribution in [3.63, 3.8) is 0 Å². The molecule has 1 aliphatic heterocycles. The van der Waals surface area contributed by atoms with Crippen molar-refractivity contribution in [2.45, 2.75) is 6.92 Å². The molecule has 1 saturated heterocycles. The van der Waals surface area contributed by atoms with E-state index in [-0.39, 0.29) is 11.8 Å². The molecule has 0 saturated carbocycles. The van der Waals surface area contributed by atoms with E-state index in [0.717, 1.165) is 11.4 Å². The summed E-state index contributed by atoms with van der Waals surface area (Å²) in [6, 6.07) is 8.89. The van der Waals surface area contributed by atoms with Crippen LogP contribution in [-0.2, 0) is 4.74 Å². The molecule has 1 N–H and O–H groups in total. The van der Waals surface area contributed by atoms with Crippen molar-refractivity contribution in [1.82, 2.24) is 9.88 Å². The second-order valence-electron chi connectivity index (χ2n) is 6.69. The predicted octanol–water partition coefficient (Wildman–Crippen LogP) is 2.18. The highest BCUT2D eigenvalue weighted by Gasteiger charge is 2.20. The van der Waals surface area contributed by atoms with E-state index < -0.39 is 0 Å². The van der Waals surface area contributed by atoms with Crippen molar-refractivity contribution < 1.29 is 14.3 Å². The Labute approximate surface area is 158 Å². The molecule has 1 aromatic carbocycles. The van der Waals surface area contributed by atoms with Crippen LogP contribution in [0, 0.1) is 6.92 Å². The number of rotatable bonds is 4. The summed E-state index contributed by atoms with van der Waals surface area (Å²) < 4.78 is 5.30. The number of nitrogens with one attached hydrogen (secondary N) is 1. The van der Waals surface area contributed by atoms with Crippen LogP contribution in [0.1, 0.15) is 26.3 Å². The van der Waals surface area contributed by atoms with Gasteiger partial charge in [0.2, 0.25) is 0 Å². The van der Waals surface area contributed by atoms with Gasteiger partial charge in [-0.25, -0.2) is 4.98 Å². The minimum Gasteiger partial charge on any atom is -0.378 e. The van der Waals surface area contributed by atoms with E-state index in [1.807, 2.05) is 32.0 Å². The van der Waals surface area contributed by atoms with Crippen LogP contribution in [0.2, 0.25) is 0 Å². The van der Waals surface area contributed by atoms with Crippen molar-refractivity contribution >= 4 is 23.3 Å². The summed E-state index contributed by atoms with van der Waals surface area (Å²) in [5.74, 6) is 0.477. The fourth-order valence-corrected chi connectivity index (χ4v) is 2.86. The molecule has 0 aliphatic carbocycles. The van der Waals surface area contributed by atoms with Crippen LogP contribution in [0.25, 0.3) is 0 Å². The molecule has 0 unspecified atom stereocenters. The van der Waals surface area contributed by atoms with E-state index in [2.05, 4.69) is 10.3 Å². The Morgan fingerprint density at radius 3 is 2.52 bits per heavy atom. The molecule has 2 aromatic rings. The largest absolute Gasteiger partial charge is 0.378 e. The van der Waals surface area contributed by atoms with Crippen molar-refractivity contribution in [1.29, 1.82) is 0 Å². The highest BCUT2D eigenvalue weighted by atomic mass is 16.5. The van der Waals surface area contributed by atoms with Crippen LogP contribution >= 0.6 is 0 Å². The van der Waals surface area contributed by atoms with Gasteiger partial charge in [-0.1, -0.05) is 6.07 Å². The monoisotopic (exact) mass is 368 g/mol. The molecule has 1 fully saturated rings. The van der Waals surface area contributed by atoms with Crippen LogP contribution < -0.4 is 10.2 Å². The Morgan fingerprint density at radius 1 is 1.15 bits per heavy atom. The van der Waals surface area contributed by atoms with Crippen LogP contribution in [0.15, 0.2) is 36.5 Å². The fraction of sp³-hybridized carbons (Fsp3) is 0.350. The second-order valence-corrected chi connectivity index (χ2v) is 6.69. The molecule has 7 nitrogen and oxygen atoms in total. The van der Waals surface area contributed by atoms with Crippen LogP contribution in [0.5, 0.6) is 0 Å². The lowest BCUT2D eigenvalue weighted by Crippen LogP contribution is -2.41. The summed E-state index contributed by atoms with van der Waals surface area (Å²) >= 11 is 0. The molecule has 142 valence electrons. The van der Waals surface area contributed by atoms with Gasteiger partial charge in [0, 0.05) is 44.6 Å².